The molecular weight excluding hydrogens is 334 g/mol. The predicted molar refractivity (Wildman–Crippen MR) is 97.0 cm³/mol. The third kappa shape index (κ3) is 7.24. The molecule has 23 heavy (non-hydrogen) atoms. The highest BCUT2D eigenvalue weighted by Gasteiger charge is 2.23. The molecule has 0 fully saturated rings. The van der Waals surface area contributed by atoms with Gasteiger partial charge < -0.3 is 16.4 Å². The SMILES string of the molecule is CSCCC(NC(=O)c1ccccc1Cl)C(=O)NCC(C)(C)N. The van der Waals surface area contributed by atoms with E-state index in [1.54, 1.807) is 36.0 Å². The molecule has 7 heteroatoms. The normalized spacial score (nSPS) is 12.6. The monoisotopic (exact) mass is 357 g/mol. The third-order valence-corrected chi connectivity index (χ3v) is 4.04. The Morgan fingerprint density at radius 1 is 1.35 bits per heavy atom. The second-order valence-electron chi connectivity index (χ2n) is 5.99. The molecule has 0 saturated heterocycles. The lowest BCUT2D eigenvalue weighted by atomic mass is 10.1. The number of rotatable bonds is 8. The minimum atomic E-state index is -0.617. The molecule has 0 spiro atoms. The maximum Gasteiger partial charge on any atom is 0.253 e. The van der Waals surface area contributed by atoms with Crippen LogP contribution in [-0.4, -0.2) is 41.9 Å². The Bertz CT molecular complexity index is 546. The summed E-state index contributed by atoms with van der Waals surface area (Å²) in [6, 6.07) is 6.14. The predicted octanol–water partition coefficient (Wildman–Crippen LogP) is 2.04. The molecule has 2 amide bonds. The number of benzene rings is 1. The summed E-state index contributed by atoms with van der Waals surface area (Å²) >= 11 is 7.64. The summed E-state index contributed by atoms with van der Waals surface area (Å²) in [5.74, 6) is 0.161. The fourth-order valence-corrected chi connectivity index (χ4v) is 2.52. The first-order valence-electron chi connectivity index (χ1n) is 7.35. The fourth-order valence-electron chi connectivity index (χ4n) is 1.82. The Morgan fingerprint density at radius 2 is 2.00 bits per heavy atom. The van der Waals surface area contributed by atoms with Gasteiger partial charge in [-0.1, -0.05) is 23.7 Å². The highest BCUT2D eigenvalue weighted by molar-refractivity contribution is 7.98. The largest absolute Gasteiger partial charge is 0.352 e. The van der Waals surface area contributed by atoms with Gasteiger partial charge in [0, 0.05) is 12.1 Å². The van der Waals surface area contributed by atoms with Crippen molar-refractivity contribution < 1.29 is 9.59 Å². The maximum absolute atomic E-state index is 12.3. The van der Waals surface area contributed by atoms with Crippen molar-refractivity contribution in [2.75, 3.05) is 18.6 Å². The standard InChI is InChI=1S/C16H24ClN3O2S/c1-16(2,18)10-19-15(22)13(8-9-23-3)20-14(21)11-6-4-5-7-12(11)17/h4-7,13H,8-10,18H2,1-3H3,(H,19,22)(H,20,21). The molecule has 1 rings (SSSR count). The molecule has 0 heterocycles. The topological polar surface area (TPSA) is 84.2 Å². The molecule has 0 saturated carbocycles. The number of carbonyl (C=O) groups is 2. The Balaban J connectivity index is 2.75. The zero-order valence-corrected chi connectivity index (χ0v) is 15.3. The first-order chi connectivity index (χ1) is 10.7. The van der Waals surface area contributed by atoms with Crippen molar-refractivity contribution in [3.8, 4) is 0 Å². The van der Waals surface area contributed by atoms with Gasteiger partial charge >= 0.3 is 0 Å². The van der Waals surface area contributed by atoms with Gasteiger partial charge in [-0.3, -0.25) is 9.59 Å². The quantitative estimate of drug-likeness (QED) is 0.664. The van der Waals surface area contributed by atoms with Crippen molar-refractivity contribution >= 4 is 35.2 Å². The molecule has 0 aliphatic rings. The molecule has 0 aliphatic carbocycles. The van der Waals surface area contributed by atoms with Crippen molar-refractivity contribution in [1.82, 2.24) is 10.6 Å². The Labute approximate surface area is 146 Å². The molecule has 1 unspecified atom stereocenters. The van der Waals surface area contributed by atoms with E-state index in [9.17, 15) is 9.59 Å². The van der Waals surface area contributed by atoms with E-state index < -0.39 is 11.6 Å². The van der Waals surface area contributed by atoms with Crippen LogP contribution < -0.4 is 16.4 Å². The van der Waals surface area contributed by atoms with Crippen LogP contribution >= 0.6 is 23.4 Å². The molecule has 0 bridgehead atoms. The van der Waals surface area contributed by atoms with Crippen molar-refractivity contribution in [1.29, 1.82) is 0 Å². The number of halogens is 1. The maximum atomic E-state index is 12.3. The average Bonchev–Trinajstić information content (AvgIpc) is 2.48. The van der Waals surface area contributed by atoms with Crippen LogP contribution in [0.3, 0.4) is 0 Å². The molecule has 0 radical (unpaired) electrons. The highest BCUT2D eigenvalue weighted by Crippen LogP contribution is 2.15. The second-order valence-corrected chi connectivity index (χ2v) is 7.39. The van der Waals surface area contributed by atoms with Crippen LogP contribution in [0.4, 0.5) is 0 Å². The number of hydrogen-bond donors (Lipinski definition) is 3. The second kappa shape index (κ2) is 9.15. The summed E-state index contributed by atoms with van der Waals surface area (Å²) in [4.78, 5) is 24.7. The van der Waals surface area contributed by atoms with Crippen LogP contribution in [0, 0.1) is 0 Å². The minimum absolute atomic E-state index is 0.238. The zero-order valence-electron chi connectivity index (χ0n) is 13.7. The number of hydrogen-bond acceptors (Lipinski definition) is 4. The van der Waals surface area contributed by atoms with Crippen molar-refractivity contribution in [3.63, 3.8) is 0 Å². The van der Waals surface area contributed by atoms with E-state index in [1.807, 2.05) is 20.1 Å². The lowest BCUT2D eigenvalue weighted by Crippen LogP contribution is -2.52. The Morgan fingerprint density at radius 3 is 2.57 bits per heavy atom. The molecule has 1 aromatic carbocycles. The molecule has 128 valence electrons. The molecule has 0 aromatic heterocycles. The van der Waals surface area contributed by atoms with Crippen molar-refractivity contribution in [3.05, 3.63) is 34.9 Å². The van der Waals surface area contributed by atoms with Gasteiger partial charge in [0.2, 0.25) is 5.91 Å². The number of nitrogens with two attached hydrogens (primary N) is 1. The van der Waals surface area contributed by atoms with Crippen LogP contribution in [0.1, 0.15) is 30.6 Å². The average molecular weight is 358 g/mol. The number of nitrogens with one attached hydrogen (secondary N) is 2. The van der Waals surface area contributed by atoms with Gasteiger partial charge in [0.25, 0.3) is 5.91 Å². The molecular formula is C16H24ClN3O2S. The van der Waals surface area contributed by atoms with Crippen molar-refractivity contribution in [2.24, 2.45) is 5.73 Å². The first-order valence-corrected chi connectivity index (χ1v) is 9.12. The summed E-state index contributed by atoms with van der Waals surface area (Å²) in [7, 11) is 0. The van der Waals surface area contributed by atoms with E-state index in [-0.39, 0.29) is 11.8 Å². The summed E-state index contributed by atoms with van der Waals surface area (Å²) < 4.78 is 0. The smallest absolute Gasteiger partial charge is 0.253 e. The molecule has 5 nitrogen and oxygen atoms in total. The zero-order chi connectivity index (χ0) is 17.5. The molecule has 0 aliphatic heterocycles. The summed E-state index contributed by atoms with van der Waals surface area (Å²) in [5.41, 5.74) is 5.72. The van der Waals surface area contributed by atoms with E-state index in [1.165, 1.54) is 0 Å². The van der Waals surface area contributed by atoms with Gasteiger partial charge in [0.15, 0.2) is 0 Å². The Hall–Kier alpha value is -1.24. The first kappa shape index (κ1) is 19.8. The Kier molecular flexibility index (Phi) is 7.88. The minimum Gasteiger partial charge on any atom is -0.352 e. The lowest BCUT2D eigenvalue weighted by molar-refractivity contribution is -0.123. The van der Waals surface area contributed by atoms with E-state index in [4.69, 9.17) is 17.3 Å². The van der Waals surface area contributed by atoms with E-state index in [0.717, 1.165) is 5.75 Å². The highest BCUT2D eigenvalue weighted by atomic mass is 35.5. The van der Waals surface area contributed by atoms with E-state index in [2.05, 4.69) is 10.6 Å². The van der Waals surface area contributed by atoms with Crippen LogP contribution in [0.5, 0.6) is 0 Å². The summed E-state index contributed by atoms with van der Waals surface area (Å²) in [6.07, 6.45) is 2.49. The van der Waals surface area contributed by atoms with Crippen LogP contribution in [-0.2, 0) is 4.79 Å². The molecule has 1 aromatic rings. The van der Waals surface area contributed by atoms with Crippen LogP contribution in [0.25, 0.3) is 0 Å². The lowest BCUT2D eigenvalue weighted by Gasteiger charge is -2.23. The molecule has 4 N–H and O–H groups in total. The van der Waals surface area contributed by atoms with E-state index >= 15 is 0 Å². The van der Waals surface area contributed by atoms with Gasteiger partial charge in [-0.2, -0.15) is 11.8 Å². The van der Waals surface area contributed by atoms with Crippen LogP contribution in [0.2, 0.25) is 5.02 Å². The van der Waals surface area contributed by atoms with Gasteiger partial charge in [-0.15, -0.1) is 0 Å². The van der Waals surface area contributed by atoms with Gasteiger partial charge in [-0.05, 0) is 44.4 Å². The van der Waals surface area contributed by atoms with Gasteiger partial charge in [0.1, 0.15) is 6.04 Å². The molecule has 1 atom stereocenters. The number of carbonyl (C=O) groups excluding carboxylic acids is 2. The fraction of sp³-hybridized carbons (Fsp3) is 0.500. The van der Waals surface area contributed by atoms with Gasteiger partial charge in [0.05, 0.1) is 10.6 Å². The van der Waals surface area contributed by atoms with Crippen LogP contribution in [0.15, 0.2) is 24.3 Å². The van der Waals surface area contributed by atoms with Gasteiger partial charge in [-0.25, -0.2) is 0 Å². The van der Waals surface area contributed by atoms with Crippen molar-refractivity contribution in [2.45, 2.75) is 31.8 Å². The summed E-state index contributed by atoms with van der Waals surface area (Å²) in [6.45, 7) is 3.99. The van der Waals surface area contributed by atoms with E-state index in [0.29, 0.717) is 23.6 Å². The summed E-state index contributed by atoms with van der Waals surface area (Å²) in [5, 5.41) is 5.90. The third-order valence-electron chi connectivity index (χ3n) is 3.07. The number of amides is 2. The number of thioether (sulfide) groups is 1.